The normalized spacial score (nSPS) is 23.5. The van der Waals surface area contributed by atoms with E-state index < -0.39 is 46.9 Å². The Morgan fingerprint density at radius 3 is 2.48 bits per heavy atom. The van der Waals surface area contributed by atoms with Gasteiger partial charge in [-0.3, -0.25) is 34.0 Å². The van der Waals surface area contributed by atoms with E-state index in [0.29, 0.717) is 57.3 Å². The molecule has 4 aliphatic heterocycles. The van der Waals surface area contributed by atoms with Crippen molar-refractivity contribution in [2.75, 3.05) is 33.3 Å². The number of hydrogen-bond donors (Lipinski definition) is 4. The number of esters is 1. The molecule has 4 aliphatic rings. The zero-order chi connectivity index (χ0) is 48.1. The number of phenols is 1. The van der Waals surface area contributed by atoms with Gasteiger partial charge in [0.2, 0.25) is 17.7 Å². The Balaban J connectivity index is 1.20. The standard InChI is InChI=1S/C52H68N8O7/c1-10-58-42-17-16-33-26-37(42)38(45(58)36-14-11-19-53-43(36)30(2)3)27-51(6,7)29-67-49(65)39-15-12-21-60(56-39)48(64)40(24-32-22-34(33)25-35(61)23-32)55-46(62)44(31(4)5)57(9)50(66)52(8)18-13-20-59(52)47(63)41-28-54-41/h11,14,16-17,19,22-23,25-26,30-31,39-41,44,54,56,61H,10,12-13,15,18,20-21,24,27-29H2,1-9H3,(H,55,62)/t39-,40-,41+,44-,52+/m0/s1. The molecule has 3 fully saturated rings. The molecule has 15 heteroatoms. The number of aryl methyl sites for hydroxylation is 1. The number of phenolic OH excluding ortho intramolecular Hbond substituents is 1. The number of rotatable bonds is 9. The fraction of sp³-hybridized carbons (Fsp3) is 0.538. The Morgan fingerprint density at radius 2 is 1.78 bits per heavy atom. The second kappa shape index (κ2) is 18.7. The van der Waals surface area contributed by atoms with Crippen LogP contribution in [0, 0.1) is 11.3 Å². The summed E-state index contributed by atoms with van der Waals surface area (Å²) in [5.41, 5.74) is 8.94. The van der Waals surface area contributed by atoms with E-state index in [1.54, 1.807) is 31.0 Å². The van der Waals surface area contributed by atoms with Crippen molar-refractivity contribution in [3.63, 3.8) is 0 Å². The minimum absolute atomic E-state index is 0.000707. The van der Waals surface area contributed by atoms with Crippen LogP contribution in [-0.2, 0) is 48.1 Å². The first-order valence-corrected chi connectivity index (χ1v) is 24.1. The summed E-state index contributed by atoms with van der Waals surface area (Å²) in [7, 11) is 1.59. The van der Waals surface area contributed by atoms with E-state index in [1.807, 2.05) is 38.2 Å². The SMILES string of the molecule is CCn1c(-c2cccnc2C(C)C)c2c3cc(ccc31)-c1cc(O)cc(c1)C[C@H](NC(=O)[C@H](C(C)C)N(C)C(=O)[C@@]1(C)CCCN1C(=O)[C@H]1CN1)C(=O)N1CCC[C@H](N1)C(=O)OCC(C)(C)C2. The monoisotopic (exact) mass is 917 g/mol. The maximum absolute atomic E-state index is 14.8. The van der Waals surface area contributed by atoms with Gasteiger partial charge in [-0.2, -0.15) is 0 Å². The van der Waals surface area contributed by atoms with Crippen LogP contribution in [0.5, 0.6) is 5.75 Å². The first kappa shape index (κ1) is 47.7. The minimum atomic E-state index is -1.17. The molecule has 0 unspecified atom stereocenters. The summed E-state index contributed by atoms with van der Waals surface area (Å²) < 4.78 is 8.46. The van der Waals surface area contributed by atoms with E-state index in [0.717, 1.165) is 44.5 Å². The lowest BCUT2D eigenvalue weighted by Crippen LogP contribution is -2.64. The quantitative estimate of drug-likeness (QED) is 0.120. The molecule has 2 aromatic carbocycles. The first-order chi connectivity index (χ1) is 31.8. The average molecular weight is 917 g/mol. The summed E-state index contributed by atoms with van der Waals surface area (Å²) in [4.78, 5) is 79.2. The molecule has 15 nitrogen and oxygen atoms in total. The number of hydrogen-bond acceptors (Lipinski definition) is 10. The summed E-state index contributed by atoms with van der Waals surface area (Å²) >= 11 is 0. The molecule has 4 N–H and O–H groups in total. The third kappa shape index (κ3) is 9.41. The van der Waals surface area contributed by atoms with Gasteiger partial charge in [0.25, 0.3) is 5.91 Å². The fourth-order valence-electron chi connectivity index (χ4n) is 10.7. The molecule has 2 aromatic heterocycles. The highest BCUT2D eigenvalue weighted by atomic mass is 16.5. The Hall–Kier alpha value is -5.80. The Morgan fingerprint density at radius 1 is 1.01 bits per heavy atom. The van der Waals surface area contributed by atoms with E-state index in [1.165, 1.54) is 9.91 Å². The van der Waals surface area contributed by atoms with Crippen LogP contribution in [0.4, 0.5) is 0 Å². The lowest BCUT2D eigenvalue weighted by molar-refractivity contribution is -0.156. The highest BCUT2D eigenvalue weighted by Gasteiger charge is 2.51. The smallest absolute Gasteiger partial charge is 0.324 e. The number of aromatic hydroxyl groups is 1. The number of cyclic esters (lactones) is 1. The van der Waals surface area contributed by atoms with Crippen molar-refractivity contribution < 1.29 is 33.8 Å². The lowest BCUT2D eigenvalue weighted by atomic mass is 9.83. The maximum atomic E-state index is 14.8. The second-order valence-electron chi connectivity index (χ2n) is 20.7. The molecule has 0 spiro atoms. The number of hydrazine groups is 1. The van der Waals surface area contributed by atoms with Gasteiger partial charge in [-0.15, -0.1) is 0 Å². The number of ether oxygens (including phenoxy) is 1. The van der Waals surface area contributed by atoms with Gasteiger partial charge in [0.15, 0.2) is 0 Å². The molecule has 5 atom stereocenters. The number of benzene rings is 2. The molecule has 0 radical (unpaired) electrons. The van der Waals surface area contributed by atoms with Gasteiger partial charge >= 0.3 is 5.97 Å². The zero-order valence-corrected chi connectivity index (χ0v) is 40.6. The maximum Gasteiger partial charge on any atom is 0.324 e. The average Bonchev–Trinajstić information content (AvgIpc) is 4.01. The van der Waals surface area contributed by atoms with Crippen LogP contribution in [0.3, 0.4) is 0 Å². The van der Waals surface area contributed by atoms with Crippen molar-refractivity contribution in [3.05, 3.63) is 71.5 Å². The molecule has 0 saturated carbocycles. The molecule has 6 heterocycles. The molecule has 0 aliphatic carbocycles. The molecule has 67 heavy (non-hydrogen) atoms. The van der Waals surface area contributed by atoms with Crippen molar-refractivity contribution in [1.82, 2.24) is 40.4 Å². The van der Waals surface area contributed by atoms with Crippen LogP contribution < -0.4 is 16.1 Å². The van der Waals surface area contributed by atoms with Crippen molar-refractivity contribution in [2.45, 2.75) is 136 Å². The van der Waals surface area contributed by atoms with Crippen LogP contribution in [0.15, 0.2) is 54.7 Å². The van der Waals surface area contributed by atoms with Crippen LogP contribution >= 0.6 is 0 Å². The van der Waals surface area contributed by atoms with Crippen molar-refractivity contribution >= 4 is 40.5 Å². The van der Waals surface area contributed by atoms with Gasteiger partial charge in [-0.1, -0.05) is 53.7 Å². The van der Waals surface area contributed by atoms with Gasteiger partial charge in [0.1, 0.15) is 29.4 Å². The number of likely N-dealkylation sites (N-methyl/N-ethyl adjacent to an activating group) is 1. The molecule has 3 saturated heterocycles. The number of nitrogens with one attached hydrogen (secondary N) is 3. The highest BCUT2D eigenvalue weighted by Crippen LogP contribution is 2.42. The lowest BCUT2D eigenvalue weighted by Gasteiger charge is -2.41. The predicted molar refractivity (Wildman–Crippen MR) is 257 cm³/mol. The third-order valence-electron chi connectivity index (χ3n) is 14.2. The van der Waals surface area contributed by atoms with Gasteiger partial charge in [-0.05, 0) is 116 Å². The molecular formula is C52H68N8O7. The van der Waals surface area contributed by atoms with Gasteiger partial charge in [0.05, 0.1) is 24.0 Å². The number of nitrogens with zero attached hydrogens (tertiary/aromatic N) is 5. The minimum Gasteiger partial charge on any atom is -0.508 e. The third-order valence-corrected chi connectivity index (χ3v) is 14.2. The topological polar surface area (TPSA) is 188 Å². The predicted octanol–water partition coefficient (Wildman–Crippen LogP) is 5.70. The molecule has 4 amide bonds. The summed E-state index contributed by atoms with van der Waals surface area (Å²) in [6.07, 6.45) is 4.50. The van der Waals surface area contributed by atoms with E-state index in [4.69, 9.17) is 9.72 Å². The number of aromatic nitrogens is 2. The zero-order valence-electron chi connectivity index (χ0n) is 40.6. The number of amides is 4. The fourth-order valence-corrected chi connectivity index (χ4v) is 10.7. The summed E-state index contributed by atoms with van der Waals surface area (Å²) in [6.45, 7) is 18.2. The Bertz CT molecular complexity index is 2580. The molecule has 6 bridgehead atoms. The Kier molecular flexibility index (Phi) is 13.3. The number of pyridine rings is 1. The highest BCUT2D eigenvalue weighted by molar-refractivity contribution is 5.98. The van der Waals surface area contributed by atoms with E-state index in [-0.39, 0.29) is 55.0 Å². The van der Waals surface area contributed by atoms with E-state index >= 15 is 0 Å². The summed E-state index contributed by atoms with van der Waals surface area (Å²) in [5, 5.41) is 19.9. The largest absolute Gasteiger partial charge is 0.508 e. The Labute approximate surface area is 394 Å². The van der Waals surface area contributed by atoms with Gasteiger partial charge in [-0.25, -0.2) is 5.43 Å². The van der Waals surface area contributed by atoms with Crippen LogP contribution in [-0.4, -0.2) is 122 Å². The van der Waals surface area contributed by atoms with E-state index in [2.05, 4.69) is 73.4 Å². The number of fused-ring (bicyclic) bond motifs is 6. The number of likely N-dealkylation sites (tertiary alicyclic amines) is 1. The first-order valence-electron chi connectivity index (χ1n) is 24.1. The van der Waals surface area contributed by atoms with Crippen LogP contribution in [0.1, 0.15) is 104 Å². The van der Waals surface area contributed by atoms with Crippen LogP contribution in [0.25, 0.3) is 33.3 Å². The second-order valence-corrected chi connectivity index (χ2v) is 20.7. The van der Waals surface area contributed by atoms with Crippen molar-refractivity contribution in [2.24, 2.45) is 11.3 Å². The number of carbonyl (C=O) groups excluding carboxylic acids is 5. The molecule has 8 rings (SSSR count). The van der Waals surface area contributed by atoms with E-state index in [9.17, 15) is 29.1 Å². The molecule has 4 aromatic rings. The van der Waals surface area contributed by atoms with Crippen molar-refractivity contribution in [1.29, 1.82) is 0 Å². The summed E-state index contributed by atoms with van der Waals surface area (Å²) in [5.74, 6) is -2.14. The van der Waals surface area contributed by atoms with Gasteiger partial charge in [0, 0.05) is 67.7 Å². The molecule has 358 valence electrons. The number of carbonyl (C=O) groups is 5. The molecular weight excluding hydrogens is 849 g/mol. The van der Waals surface area contributed by atoms with Crippen molar-refractivity contribution in [3.8, 4) is 28.1 Å². The van der Waals surface area contributed by atoms with Gasteiger partial charge < -0.3 is 34.8 Å². The van der Waals surface area contributed by atoms with Crippen LogP contribution in [0.2, 0.25) is 0 Å². The summed E-state index contributed by atoms with van der Waals surface area (Å²) in [6, 6.07) is 12.4.